The van der Waals surface area contributed by atoms with Gasteiger partial charge in [-0.1, -0.05) is 28.5 Å². The summed E-state index contributed by atoms with van der Waals surface area (Å²) in [7, 11) is 0. The third kappa shape index (κ3) is 5.59. The molecule has 0 radical (unpaired) electrons. The van der Waals surface area contributed by atoms with Gasteiger partial charge in [-0.2, -0.15) is 0 Å². The number of rotatable bonds is 5. The molecule has 1 aromatic heterocycles. The molecule has 0 atom stereocenters. The van der Waals surface area contributed by atoms with Gasteiger partial charge in [-0.3, -0.25) is 14.9 Å². The number of halogens is 1. The van der Waals surface area contributed by atoms with E-state index in [0.29, 0.717) is 5.13 Å². The molecule has 4 N–H and O–H groups in total. The van der Waals surface area contributed by atoms with Gasteiger partial charge in [0.2, 0.25) is 16.9 Å². The predicted octanol–water partition coefficient (Wildman–Crippen LogP) is 1.26. The zero-order valence-corrected chi connectivity index (χ0v) is 14.4. The van der Waals surface area contributed by atoms with Crippen molar-refractivity contribution in [3.8, 4) is 10.6 Å². The van der Waals surface area contributed by atoms with Crippen LogP contribution in [0.5, 0.6) is 0 Å². The van der Waals surface area contributed by atoms with Crippen molar-refractivity contribution in [3.63, 3.8) is 0 Å². The Balaban J connectivity index is 0.00000264. The molecule has 2 amide bonds. The highest BCUT2D eigenvalue weighted by atomic mass is 35.5. The van der Waals surface area contributed by atoms with Gasteiger partial charge in [0.25, 0.3) is 0 Å². The van der Waals surface area contributed by atoms with Crippen molar-refractivity contribution >= 4 is 40.7 Å². The van der Waals surface area contributed by atoms with E-state index in [4.69, 9.17) is 5.73 Å². The highest BCUT2D eigenvalue weighted by Gasteiger charge is 2.11. The normalized spacial score (nSPS) is 9.87. The molecule has 23 heavy (non-hydrogen) atoms. The SMILES string of the molecule is Cc1cc(C)cc(-c2nnc(NC(=O)CNC(=O)CN)s2)c1.Cl. The Morgan fingerprint density at radius 1 is 1.13 bits per heavy atom. The highest BCUT2D eigenvalue weighted by Crippen LogP contribution is 2.27. The number of carbonyl (C=O) groups is 2. The lowest BCUT2D eigenvalue weighted by atomic mass is 10.1. The number of hydrogen-bond donors (Lipinski definition) is 3. The molecule has 2 aromatic rings. The van der Waals surface area contributed by atoms with Crippen LogP contribution < -0.4 is 16.4 Å². The van der Waals surface area contributed by atoms with Crippen molar-refractivity contribution in [2.24, 2.45) is 5.73 Å². The molecule has 124 valence electrons. The molecule has 0 saturated carbocycles. The van der Waals surface area contributed by atoms with Crippen molar-refractivity contribution in [2.45, 2.75) is 13.8 Å². The van der Waals surface area contributed by atoms with Gasteiger partial charge in [-0.15, -0.1) is 22.6 Å². The van der Waals surface area contributed by atoms with Gasteiger partial charge in [0, 0.05) is 5.56 Å². The maximum atomic E-state index is 11.7. The maximum Gasteiger partial charge on any atom is 0.245 e. The summed E-state index contributed by atoms with van der Waals surface area (Å²) in [5.74, 6) is -0.756. The number of amides is 2. The molecule has 2 rings (SSSR count). The predicted molar refractivity (Wildman–Crippen MR) is 92.8 cm³/mol. The van der Waals surface area contributed by atoms with Crippen molar-refractivity contribution in [1.82, 2.24) is 15.5 Å². The van der Waals surface area contributed by atoms with Gasteiger partial charge in [0.05, 0.1) is 13.1 Å². The van der Waals surface area contributed by atoms with E-state index in [0.717, 1.165) is 21.7 Å². The number of aromatic nitrogens is 2. The number of anilines is 1. The second-order valence-electron chi connectivity index (χ2n) is 4.82. The Hall–Kier alpha value is -2.03. The van der Waals surface area contributed by atoms with Crippen molar-refractivity contribution in [2.75, 3.05) is 18.4 Å². The quantitative estimate of drug-likeness (QED) is 0.747. The third-order valence-electron chi connectivity index (χ3n) is 2.77. The first-order chi connectivity index (χ1) is 10.5. The second-order valence-corrected chi connectivity index (χ2v) is 5.80. The molecule has 0 fully saturated rings. The van der Waals surface area contributed by atoms with E-state index < -0.39 is 0 Å². The Morgan fingerprint density at radius 3 is 2.39 bits per heavy atom. The van der Waals surface area contributed by atoms with Gasteiger partial charge in [-0.05, 0) is 26.0 Å². The van der Waals surface area contributed by atoms with Crippen LogP contribution in [-0.4, -0.2) is 35.1 Å². The minimum Gasteiger partial charge on any atom is -0.346 e. The molecule has 1 heterocycles. The number of benzene rings is 1. The highest BCUT2D eigenvalue weighted by molar-refractivity contribution is 7.18. The summed E-state index contributed by atoms with van der Waals surface area (Å²) in [5.41, 5.74) is 8.38. The number of carbonyl (C=O) groups excluding carboxylic acids is 2. The van der Waals surface area contributed by atoms with Crippen LogP contribution in [0.2, 0.25) is 0 Å². The van der Waals surface area contributed by atoms with Crippen LogP contribution in [0.15, 0.2) is 18.2 Å². The first-order valence-electron chi connectivity index (χ1n) is 6.66. The number of nitrogens with one attached hydrogen (secondary N) is 2. The average Bonchev–Trinajstić information content (AvgIpc) is 2.92. The molecule has 0 aliphatic rings. The lowest BCUT2D eigenvalue weighted by Gasteiger charge is -2.02. The van der Waals surface area contributed by atoms with Crippen LogP contribution in [0.1, 0.15) is 11.1 Å². The first kappa shape index (κ1) is 19.0. The van der Waals surface area contributed by atoms with E-state index in [1.807, 2.05) is 26.0 Å². The molecule has 0 unspecified atom stereocenters. The summed E-state index contributed by atoms with van der Waals surface area (Å²) >= 11 is 1.28. The molecule has 0 spiro atoms. The Bertz CT molecular complexity index is 684. The molecule has 1 aromatic carbocycles. The average molecular weight is 356 g/mol. The lowest BCUT2D eigenvalue weighted by Crippen LogP contribution is -2.36. The van der Waals surface area contributed by atoms with Gasteiger partial charge in [-0.25, -0.2) is 0 Å². The molecule has 9 heteroatoms. The van der Waals surface area contributed by atoms with E-state index in [-0.39, 0.29) is 37.3 Å². The number of hydrogen-bond acceptors (Lipinski definition) is 6. The fourth-order valence-corrected chi connectivity index (χ4v) is 2.65. The largest absolute Gasteiger partial charge is 0.346 e. The summed E-state index contributed by atoms with van der Waals surface area (Å²) in [5, 5.41) is 14.1. The molecule has 7 nitrogen and oxygen atoms in total. The standard InChI is InChI=1S/C14H17N5O2S.ClH/c1-8-3-9(2)5-10(4-8)13-18-19-14(22-13)17-12(21)7-16-11(20)6-15;/h3-5H,6-7,15H2,1-2H3,(H,16,20)(H,17,19,21);1H. The molecular weight excluding hydrogens is 338 g/mol. The Labute approximate surface area is 144 Å². The lowest BCUT2D eigenvalue weighted by molar-refractivity contribution is -0.123. The maximum absolute atomic E-state index is 11.7. The second kappa shape index (κ2) is 8.56. The van der Waals surface area contributed by atoms with Crippen LogP contribution in [0.4, 0.5) is 5.13 Å². The summed E-state index contributed by atoms with van der Waals surface area (Å²) in [4.78, 5) is 22.6. The monoisotopic (exact) mass is 355 g/mol. The molecule has 0 saturated heterocycles. The number of aryl methyl sites for hydroxylation is 2. The summed E-state index contributed by atoms with van der Waals surface area (Å²) in [6, 6.07) is 6.11. The van der Waals surface area contributed by atoms with Crippen LogP contribution in [0.3, 0.4) is 0 Å². The molecular formula is C14H18ClN5O2S. The van der Waals surface area contributed by atoms with E-state index in [1.54, 1.807) is 0 Å². The Morgan fingerprint density at radius 2 is 1.78 bits per heavy atom. The van der Waals surface area contributed by atoms with Crippen molar-refractivity contribution < 1.29 is 9.59 Å². The first-order valence-corrected chi connectivity index (χ1v) is 7.48. The fraction of sp³-hybridized carbons (Fsp3) is 0.286. The van der Waals surface area contributed by atoms with Crippen molar-refractivity contribution in [3.05, 3.63) is 29.3 Å². The topological polar surface area (TPSA) is 110 Å². The van der Waals surface area contributed by atoms with E-state index >= 15 is 0 Å². The minimum absolute atomic E-state index is 0. The zero-order valence-electron chi connectivity index (χ0n) is 12.8. The van der Waals surface area contributed by atoms with Crippen molar-refractivity contribution in [1.29, 1.82) is 0 Å². The third-order valence-corrected chi connectivity index (χ3v) is 3.66. The summed E-state index contributed by atoms with van der Waals surface area (Å²) in [6.45, 7) is 3.73. The molecule has 0 aliphatic carbocycles. The fourth-order valence-electron chi connectivity index (χ4n) is 1.90. The summed E-state index contributed by atoms with van der Waals surface area (Å²) in [6.07, 6.45) is 0. The molecule has 0 aliphatic heterocycles. The minimum atomic E-state index is -0.386. The van der Waals surface area contributed by atoms with Gasteiger partial charge in [0.1, 0.15) is 5.01 Å². The van der Waals surface area contributed by atoms with Gasteiger partial charge >= 0.3 is 0 Å². The summed E-state index contributed by atoms with van der Waals surface area (Å²) < 4.78 is 0. The van der Waals surface area contributed by atoms with E-state index in [1.165, 1.54) is 11.3 Å². The smallest absolute Gasteiger partial charge is 0.245 e. The van der Waals surface area contributed by atoms with E-state index in [2.05, 4.69) is 26.9 Å². The Kier molecular flexibility index (Phi) is 7.08. The van der Waals surface area contributed by atoms with Gasteiger partial charge < -0.3 is 11.1 Å². The zero-order chi connectivity index (χ0) is 16.1. The van der Waals surface area contributed by atoms with Gasteiger partial charge in [0.15, 0.2) is 0 Å². The van der Waals surface area contributed by atoms with E-state index in [9.17, 15) is 9.59 Å². The van der Waals surface area contributed by atoms with Crippen LogP contribution in [-0.2, 0) is 9.59 Å². The molecule has 0 bridgehead atoms. The number of nitrogens with zero attached hydrogens (tertiary/aromatic N) is 2. The van der Waals surface area contributed by atoms with Crippen LogP contribution in [0, 0.1) is 13.8 Å². The van der Waals surface area contributed by atoms with Crippen LogP contribution >= 0.6 is 23.7 Å². The number of nitrogens with two attached hydrogens (primary N) is 1. The van der Waals surface area contributed by atoms with Crippen LogP contribution in [0.25, 0.3) is 10.6 Å².